The number of amides is 2. The number of hydrogen-bond donors (Lipinski definition) is 2. The summed E-state index contributed by atoms with van der Waals surface area (Å²) in [7, 11) is 1.98. The molecule has 1 saturated heterocycles. The molecule has 2 rings (SSSR count). The van der Waals surface area contributed by atoms with Crippen molar-refractivity contribution in [1.29, 1.82) is 0 Å². The van der Waals surface area contributed by atoms with Crippen molar-refractivity contribution < 1.29 is 9.59 Å². The van der Waals surface area contributed by atoms with Crippen molar-refractivity contribution in [3.05, 3.63) is 22.4 Å². The largest absolute Gasteiger partial charge is 0.351 e. The molecule has 0 unspecified atom stereocenters. The zero-order valence-corrected chi connectivity index (χ0v) is 15.2. The van der Waals surface area contributed by atoms with Crippen molar-refractivity contribution >= 4 is 35.6 Å². The van der Waals surface area contributed by atoms with E-state index in [0.717, 1.165) is 38.4 Å². The lowest BCUT2D eigenvalue weighted by Gasteiger charge is -2.32. The molecule has 2 heterocycles. The van der Waals surface area contributed by atoms with E-state index in [4.69, 9.17) is 0 Å². The average molecular weight is 360 g/mol. The number of likely N-dealkylation sites (tertiary alicyclic amines) is 1. The van der Waals surface area contributed by atoms with Gasteiger partial charge in [0.25, 0.3) is 5.91 Å². The summed E-state index contributed by atoms with van der Waals surface area (Å²) in [6, 6.07) is 1.79. The van der Waals surface area contributed by atoms with Crippen LogP contribution in [0.3, 0.4) is 0 Å². The monoisotopic (exact) mass is 359 g/mol. The van der Waals surface area contributed by atoms with Crippen LogP contribution in [0.5, 0.6) is 0 Å². The molecule has 1 aliphatic heterocycles. The second-order valence-corrected chi connectivity index (χ2v) is 6.51. The van der Waals surface area contributed by atoms with Crippen LogP contribution in [0.2, 0.25) is 0 Å². The Kier molecular flexibility index (Phi) is 9.21. The number of piperidine rings is 1. The molecule has 0 aromatic carbocycles. The zero-order valence-electron chi connectivity index (χ0n) is 13.5. The molecule has 5 nitrogen and oxygen atoms in total. The average Bonchev–Trinajstić information content (AvgIpc) is 3.07. The number of carbonyl (C=O) groups excluding carboxylic acids is 2. The molecule has 0 aliphatic carbocycles. The minimum atomic E-state index is -0.0974. The number of nitrogens with zero attached hydrogens (tertiary/aromatic N) is 1. The molecule has 0 spiro atoms. The van der Waals surface area contributed by atoms with Crippen molar-refractivity contribution in [3.63, 3.8) is 0 Å². The fourth-order valence-electron chi connectivity index (χ4n) is 2.76. The number of rotatable bonds is 7. The molecule has 130 valence electrons. The first-order valence-corrected chi connectivity index (χ1v) is 8.87. The van der Waals surface area contributed by atoms with Crippen LogP contribution in [0.4, 0.5) is 0 Å². The third-order valence-electron chi connectivity index (χ3n) is 4.18. The highest BCUT2D eigenvalue weighted by Gasteiger charge is 2.22. The molecule has 0 radical (unpaired) electrons. The topological polar surface area (TPSA) is 61.4 Å². The minimum Gasteiger partial charge on any atom is -0.351 e. The van der Waals surface area contributed by atoms with Crippen molar-refractivity contribution in [2.45, 2.75) is 25.7 Å². The van der Waals surface area contributed by atoms with Gasteiger partial charge < -0.3 is 15.5 Å². The fourth-order valence-corrected chi connectivity index (χ4v) is 3.39. The van der Waals surface area contributed by atoms with Crippen molar-refractivity contribution in [2.75, 3.05) is 33.2 Å². The lowest BCUT2D eigenvalue weighted by molar-refractivity contribution is -0.132. The first-order chi connectivity index (χ1) is 10.7. The van der Waals surface area contributed by atoms with Crippen LogP contribution >= 0.6 is 23.7 Å². The second-order valence-electron chi connectivity index (χ2n) is 5.73. The van der Waals surface area contributed by atoms with E-state index in [1.54, 1.807) is 6.07 Å². The quantitative estimate of drug-likeness (QED) is 0.784. The summed E-state index contributed by atoms with van der Waals surface area (Å²) in [6.07, 6.45) is 3.76. The normalized spacial score (nSPS) is 15.1. The van der Waals surface area contributed by atoms with Crippen LogP contribution in [0.25, 0.3) is 0 Å². The van der Waals surface area contributed by atoms with Gasteiger partial charge in [0.15, 0.2) is 0 Å². The maximum Gasteiger partial charge on any atom is 0.252 e. The first kappa shape index (κ1) is 19.9. The van der Waals surface area contributed by atoms with Crippen LogP contribution < -0.4 is 10.6 Å². The van der Waals surface area contributed by atoms with Gasteiger partial charge in [-0.2, -0.15) is 11.3 Å². The van der Waals surface area contributed by atoms with Gasteiger partial charge in [-0.05, 0) is 50.2 Å². The molecule has 1 aromatic rings. The third-order valence-corrected chi connectivity index (χ3v) is 4.86. The van der Waals surface area contributed by atoms with Crippen LogP contribution in [0.15, 0.2) is 16.8 Å². The van der Waals surface area contributed by atoms with Gasteiger partial charge in [-0.3, -0.25) is 9.59 Å². The van der Waals surface area contributed by atoms with Gasteiger partial charge in [0.1, 0.15) is 0 Å². The number of carbonyl (C=O) groups is 2. The maximum atomic E-state index is 12.2. The standard InChI is InChI=1S/C16H25N3O2S.ClH/c1-17-7-2-13-4-9-19(10-5-13)15(20)3-8-18-16(21)14-6-11-22-12-14;/h6,11-13,17H,2-5,7-10H2,1H3,(H,18,21);1H. The lowest BCUT2D eigenvalue weighted by Crippen LogP contribution is -2.40. The summed E-state index contributed by atoms with van der Waals surface area (Å²) in [4.78, 5) is 25.9. The molecule has 7 heteroatoms. The summed E-state index contributed by atoms with van der Waals surface area (Å²) in [5.41, 5.74) is 0.669. The SMILES string of the molecule is CNCCC1CCN(C(=O)CCNC(=O)c2ccsc2)CC1.Cl. The number of hydrogen-bond acceptors (Lipinski definition) is 4. The van der Waals surface area contributed by atoms with Crippen LogP contribution in [-0.4, -0.2) is 49.9 Å². The highest BCUT2D eigenvalue weighted by Crippen LogP contribution is 2.20. The highest BCUT2D eigenvalue weighted by molar-refractivity contribution is 7.08. The van der Waals surface area contributed by atoms with E-state index in [0.29, 0.717) is 18.5 Å². The van der Waals surface area contributed by atoms with E-state index in [9.17, 15) is 9.59 Å². The van der Waals surface area contributed by atoms with Gasteiger partial charge in [-0.1, -0.05) is 0 Å². The van der Waals surface area contributed by atoms with E-state index >= 15 is 0 Å². The number of nitrogens with one attached hydrogen (secondary N) is 2. The molecule has 0 saturated carbocycles. The van der Waals surface area contributed by atoms with Gasteiger partial charge in [0.2, 0.25) is 5.91 Å². The van der Waals surface area contributed by atoms with Crippen molar-refractivity contribution in [3.8, 4) is 0 Å². The highest BCUT2D eigenvalue weighted by atomic mass is 35.5. The van der Waals surface area contributed by atoms with E-state index in [1.165, 1.54) is 17.8 Å². The Balaban J connectivity index is 0.00000264. The second kappa shape index (κ2) is 10.6. The number of thiophene rings is 1. The third kappa shape index (κ3) is 6.49. The van der Waals surface area contributed by atoms with E-state index in [1.807, 2.05) is 22.7 Å². The Morgan fingerprint density at radius 1 is 1.30 bits per heavy atom. The Morgan fingerprint density at radius 2 is 2.04 bits per heavy atom. The maximum absolute atomic E-state index is 12.2. The van der Waals surface area contributed by atoms with Gasteiger partial charge in [0.05, 0.1) is 0 Å². The molecule has 0 bridgehead atoms. The Hall–Kier alpha value is -1.11. The van der Waals surface area contributed by atoms with Crippen LogP contribution in [0.1, 0.15) is 36.0 Å². The van der Waals surface area contributed by atoms with E-state index in [-0.39, 0.29) is 24.2 Å². The summed E-state index contributed by atoms with van der Waals surface area (Å²) in [5, 5.41) is 9.67. The van der Waals surface area contributed by atoms with Crippen LogP contribution in [-0.2, 0) is 4.79 Å². The summed E-state index contributed by atoms with van der Waals surface area (Å²) in [6.45, 7) is 3.16. The summed E-state index contributed by atoms with van der Waals surface area (Å²) >= 11 is 1.50. The van der Waals surface area contributed by atoms with Gasteiger partial charge >= 0.3 is 0 Å². The van der Waals surface area contributed by atoms with Gasteiger partial charge in [-0.25, -0.2) is 0 Å². The van der Waals surface area contributed by atoms with Crippen molar-refractivity contribution in [2.24, 2.45) is 5.92 Å². The predicted octanol–water partition coefficient (Wildman–Crippen LogP) is 2.14. The molecule has 23 heavy (non-hydrogen) atoms. The molecule has 1 aromatic heterocycles. The first-order valence-electron chi connectivity index (χ1n) is 7.93. The Bertz CT molecular complexity index is 474. The van der Waals surface area contributed by atoms with E-state index in [2.05, 4.69) is 10.6 Å². The Morgan fingerprint density at radius 3 is 2.65 bits per heavy atom. The van der Waals surface area contributed by atoms with E-state index < -0.39 is 0 Å². The minimum absolute atomic E-state index is 0. The smallest absolute Gasteiger partial charge is 0.252 e. The summed E-state index contributed by atoms with van der Waals surface area (Å²) < 4.78 is 0. The molecule has 1 aliphatic rings. The van der Waals surface area contributed by atoms with Gasteiger partial charge in [0, 0.05) is 37.0 Å². The predicted molar refractivity (Wildman–Crippen MR) is 96.4 cm³/mol. The molecule has 1 fully saturated rings. The molecule has 2 amide bonds. The number of halogens is 1. The molecule has 2 N–H and O–H groups in total. The summed E-state index contributed by atoms with van der Waals surface area (Å²) in [5.74, 6) is 0.785. The molecular formula is C16H26ClN3O2S. The van der Waals surface area contributed by atoms with Gasteiger partial charge in [-0.15, -0.1) is 12.4 Å². The molecule has 0 atom stereocenters. The van der Waals surface area contributed by atoms with Crippen LogP contribution in [0, 0.1) is 5.92 Å². The molecular weight excluding hydrogens is 334 g/mol. The zero-order chi connectivity index (χ0) is 15.8. The fraction of sp³-hybridized carbons (Fsp3) is 0.625. The van der Waals surface area contributed by atoms with Crippen molar-refractivity contribution in [1.82, 2.24) is 15.5 Å². The lowest BCUT2D eigenvalue weighted by atomic mass is 9.93. The Labute approximate surface area is 148 Å².